The molecule has 0 unspecified atom stereocenters. The van der Waals surface area contributed by atoms with Gasteiger partial charge in [-0.2, -0.15) is 0 Å². The minimum Gasteiger partial charge on any atom is -0.134 e. The highest BCUT2D eigenvalue weighted by atomic mass is 32.1. The molecule has 5 aromatic rings. The molecule has 0 aliphatic rings. The van der Waals surface area contributed by atoms with Crippen LogP contribution in [-0.4, -0.2) is 0 Å². The van der Waals surface area contributed by atoms with Crippen molar-refractivity contribution in [2.45, 2.75) is 13.8 Å². The van der Waals surface area contributed by atoms with Crippen molar-refractivity contribution in [3.63, 3.8) is 0 Å². The van der Waals surface area contributed by atoms with Crippen molar-refractivity contribution in [3.05, 3.63) is 71.8 Å². The van der Waals surface area contributed by atoms with Gasteiger partial charge in [0.15, 0.2) is 0 Å². The molecule has 116 valence electrons. The smallest absolute Gasteiger partial charge is 0.0542 e. The molecular formula is C22H16S2. The van der Waals surface area contributed by atoms with Gasteiger partial charge in [-0.05, 0) is 42.7 Å². The summed E-state index contributed by atoms with van der Waals surface area (Å²) in [7, 11) is 0. The third-order valence-corrected chi connectivity index (χ3v) is 7.12. The Kier molecular flexibility index (Phi) is 3.06. The van der Waals surface area contributed by atoms with Crippen LogP contribution in [0.1, 0.15) is 11.1 Å². The van der Waals surface area contributed by atoms with Crippen LogP contribution in [0.4, 0.5) is 0 Å². The van der Waals surface area contributed by atoms with Crippen molar-refractivity contribution in [1.29, 1.82) is 0 Å². The molecule has 0 saturated heterocycles. The summed E-state index contributed by atoms with van der Waals surface area (Å²) >= 11 is 3.85. The molecule has 2 heteroatoms. The van der Waals surface area contributed by atoms with E-state index in [9.17, 15) is 0 Å². The van der Waals surface area contributed by atoms with Crippen LogP contribution in [0.15, 0.2) is 60.7 Å². The first-order chi connectivity index (χ1) is 11.7. The van der Waals surface area contributed by atoms with E-state index in [1.54, 1.807) is 0 Å². The second-order valence-electron chi connectivity index (χ2n) is 6.44. The number of rotatable bonds is 1. The first-order valence-electron chi connectivity index (χ1n) is 8.11. The van der Waals surface area contributed by atoms with Crippen molar-refractivity contribution in [1.82, 2.24) is 0 Å². The predicted molar refractivity (Wildman–Crippen MR) is 110 cm³/mol. The molecule has 0 atom stereocenters. The van der Waals surface area contributed by atoms with Gasteiger partial charge >= 0.3 is 0 Å². The molecule has 0 spiro atoms. The molecule has 2 aromatic heterocycles. The normalized spacial score (nSPS) is 11.8. The minimum absolute atomic E-state index is 1.29. The second kappa shape index (κ2) is 5.17. The number of hydrogen-bond donors (Lipinski definition) is 0. The second-order valence-corrected chi connectivity index (χ2v) is 8.54. The largest absolute Gasteiger partial charge is 0.134 e. The van der Waals surface area contributed by atoms with Crippen molar-refractivity contribution >= 4 is 52.2 Å². The van der Waals surface area contributed by atoms with Crippen molar-refractivity contribution in [2.75, 3.05) is 0 Å². The summed E-state index contributed by atoms with van der Waals surface area (Å²) in [6.07, 6.45) is 0. The summed E-state index contributed by atoms with van der Waals surface area (Å²) in [5, 5.41) is 2.79. The summed E-state index contributed by atoms with van der Waals surface area (Å²) in [5.41, 5.74) is 5.23. The third-order valence-electron chi connectivity index (χ3n) is 4.62. The molecule has 2 heterocycles. The molecular weight excluding hydrogens is 328 g/mol. The SMILES string of the molecule is Cc1ccc(-c2ccc3c(c2)sc2c4ccc(C)cc4sc32)cc1. The first-order valence-corrected chi connectivity index (χ1v) is 9.75. The zero-order chi connectivity index (χ0) is 16.3. The quantitative estimate of drug-likeness (QED) is 0.294. The molecule has 0 nitrogen and oxygen atoms in total. The first kappa shape index (κ1) is 14.2. The van der Waals surface area contributed by atoms with Gasteiger partial charge in [0.25, 0.3) is 0 Å². The van der Waals surface area contributed by atoms with Crippen LogP contribution in [-0.2, 0) is 0 Å². The average molecular weight is 345 g/mol. The van der Waals surface area contributed by atoms with Gasteiger partial charge in [0.1, 0.15) is 0 Å². The maximum absolute atomic E-state index is 2.34. The van der Waals surface area contributed by atoms with Crippen LogP contribution in [0.3, 0.4) is 0 Å². The highest BCUT2D eigenvalue weighted by Crippen LogP contribution is 2.45. The van der Waals surface area contributed by atoms with Crippen LogP contribution >= 0.6 is 22.7 Å². The summed E-state index contributed by atoms with van der Waals surface area (Å²) < 4.78 is 5.66. The van der Waals surface area contributed by atoms with E-state index in [1.165, 1.54) is 51.8 Å². The van der Waals surface area contributed by atoms with Crippen LogP contribution in [0.2, 0.25) is 0 Å². The van der Waals surface area contributed by atoms with Gasteiger partial charge in [0.2, 0.25) is 0 Å². The summed E-state index contributed by atoms with van der Waals surface area (Å²) in [4.78, 5) is 0. The van der Waals surface area contributed by atoms with Gasteiger partial charge in [0.05, 0.1) is 9.40 Å². The topological polar surface area (TPSA) is 0 Å². The Hall–Kier alpha value is -2.16. The average Bonchev–Trinajstić information content (AvgIpc) is 3.10. The van der Waals surface area contributed by atoms with Gasteiger partial charge in [-0.3, -0.25) is 0 Å². The number of aryl methyl sites for hydroxylation is 2. The van der Waals surface area contributed by atoms with Crippen LogP contribution in [0, 0.1) is 13.8 Å². The summed E-state index contributed by atoms with van der Waals surface area (Å²) in [5.74, 6) is 0. The van der Waals surface area contributed by atoms with E-state index in [0.29, 0.717) is 0 Å². The number of thiophene rings is 2. The van der Waals surface area contributed by atoms with E-state index >= 15 is 0 Å². The lowest BCUT2D eigenvalue weighted by molar-refractivity contribution is 1.47. The van der Waals surface area contributed by atoms with Gasteiger partial charge in [0, 0.05) is 20.2 Å². The van der Waals surface area contributed by atoms with Crippen LogP contribution < -0.4 is 0 Å². The van der Waals surface area contributed by atoms with Gasteiger partial charge in [-0.25, -0.2) is 0 Å². The summed E-state index contributed by atoms with van der Waals surface area (Å²) in [6.45, 7) is 4.30. The molecule has 0 N–H and O–H groups in total. The zero-order valence-corrected chi connectivity index (χ0v) is 15.2. The van der Waals surface area contributed by atoms with E-state index in [4.69, 9.17) is 0 Å². The lowest BCUT2D eigenvalue weighted by Crippen LogP contribution is -1.77. The molecule has 0 bridgehead atoms. The molecule has 0 aliphatic carbocycles. The van der Waals surface area contributed by atoms with E-state index in [2.05, 4.69) is 74.5 Å². The third kappa shape index (κ3) is 2.10. The Morgan fingerprint density at radius 3 is 1.79 bits per heavy atom. The number of fused-ring (bicyclic) bond motifs is 5. The minimum atomic E-state index is 1.29. The predicted octanol–water partition coefficient (Wildman–Crippen LogP) is 7.55. The van der Waals surface area contributed by atoms with E-state index in [1.807, 2.05) is 22.7 Å². The number of benzene rings is 3. The van der Waals surface area contributed by atoms with E-state index in [-0.39, 0.29) is 0 Å². The van der Waals surface area contributed by atoms with Gasteiger partial charge < -0.3 is 0 Å². The Labute approximate surface area is 149 Å². The van der Waals surface area contributed by atoms with Crippen LogP contribution in [0.5, 0.6) is 0 Å². The van der Waals surface area contributed by atoms with Crippen molar-refractivity contribution < 1.29 is 0 Å². The van der Waals surface area contributed by atoms with Crippen molar-refractivity contribution in [3.8, 4) is 11.1 Å². The Morgan fingerprint density at radius 2 is 1.08 bits per heavy atom. The number of hydrogen-bond acceptors (Lipinski definition) is 2. The fraction of sp³-hybridized carbons (Fsp3) is 0.0909. The lowest BCUT2D eigenvalue weighted by Gasteiger charge is -2.02. The molecule has 24 heavy (non-hydrogen) atoms. The zero-order valence-electron chi connectivity index (χ0n) is 13.6. The standard InChI is InChI=1S/C22H16S2/c1-13-3-6-15(7-4-13)16-8-10-18-20(12-16)24-21-17-9-5-14(2)11-19(17)23-22(18)21/h3-12H,1-2H3. The molecule has 0 saturated carbocycles. The summed E-state index contributed by atoms with van der Waals surface area (Å²) in [6, 6.07) is 22.5. The Morgan fingerprint density at radius 1 is 0.542 bits per heavy atom. The molecule has 5 rings (SSSR count). The highest BCUT2D eigenvalue weighted by molar-refractivity contribution is 7.36. The van der Waals surface area contributed by atoms with Crippen LogP contribution in [0.25, 0.3) is 40.7 Å². The van der Waals surface area contributed by atoms with Gasteiger partial charge in [-0.1, -0.05) is 54.1 Å². The Bertz CT molecular complexity index is 1200. The maximum atomic E-state index is 2.34. The molecule has 0 radical (unpaired) electrons. The fourth-order valence-electron chi connectivity index (χ4n) is 3.29. The van der Waals surface area contributed by atoms with E-state index < -0.39 is 0 Å². The lowest BCUT2D eigenvalue weighted by atomic mass is 10.0. The molecule has 0 fully saturated rings. The Balaban J connectivity index is 1.75. The fourth-order valence-corrected chi connectivity index (χ4v) is 6.08. The highest BCUT2D eigenvalue weighted by Gasteiger charge is 2.12. The molecule has 3 aromatic carbocycles. The molecule has 0 amide bonds. The maximum Gasteiger partial charge on any atom is 0.0542 e. The van der Waals surface area contributed by atoms with Crippen molar-refractivity contribution in [2.24, 2.45) is 0 Å². The molecule has 0 aliphatic heterocycles. The van der Waals surface area contributed by atoms with E-state index in [0.717, 1.165) is 0 Å². The van der Waals surface area contributed by atoms with Gasteiger partial charge in [-0.15, -0.1) is 22.7 Å². The monoisotopic (exact) mass is 344 g/mol.